The molecule has 0 heterocycles. The minimum Gasteiger partial charge on any atom is -0.212 e. The standard InChI is InChI=1S/C24H47N3O6S3/c1-18-10-4-7-13-22(18)25-34(28,29)16-21(36(32,33)27-24-15-9-6-12-20(24)3)17-35(30,31)26-23-14-8-5-11-19(23)2/h18-27H,4-17H2,1-3H3. The lowest BCUT2D eigenvalue weighted by Crippen LogP contribution is -2.53. The predicted octanol–water partition coefficient (Wildman–Crippen LogP) is 2.85. The molecule has 0 saturated heterocycles. The summed E-state index contributed by atoms with van der Waals surface area (Å²) < 4.78 is 87.8. The molecule has 6 unspecified atom stereocenters. The summed E-state index contributed by atoms with van der Waals surface area (Å²) in [5.74, 6) is -1.11. The molecule has 0 aliphatic heterocycles. The minimum atomic E-state index is -4.22. The van der Waals surface area contributed by atoms with Crippen molar-refractivity contribution < 1.29 is 25.3 Å². The first-order valence-electron chi connectivity index (χ1n) is 13.8. The van der Waals surface area contributed by atoms with Gasteiger partial charge in [0.05, 0.1) is 11.5 Å². The van der Waals surface area contributed by atoms with Gasteiger partial charge in [0.15, 0.2) is 0 Å². The van der Waals surface area contributed by atoms with Crippen LogP contribution in [0.3, 0.4) is 0 Å². The number of rotatable bonds is 11. The smallest absolute Gasteiger partial charge is 0.212 e. The second-order valence-corrected chi connectivity index (χ2v) is 17.3. The zero-order chi connectivity index (χ0) is 26.6. The van der Waals surface area contributed by atoms with Crippen LogP contribution in [-0.2, 0) is 30.1 Å². The monoisotopic (exact) mass is 569 g/mol. The van der Waals surface area contributed by atoms with Gasteiger partial charge in [0, 0.05) is 18.1 Å². The van der Waals surface area contributed by atoms with Crippen molar-refractivity contribution >= 4 is 30.1 Å². The molecule has 0 spiro atoms. The number of sulfonamides is 3. The Hall–Kier alpha value is -0.270. The topological polar surface area (TPSA) is 139 Å². The SMILES string of the molecule is CC1CCCCC1NS(=O)(=O)CC(CS(=O)(=O)NC1CCCCC1C)S(=O)(=O)NC1CCCCC1C. The summed E-state index contributed by atoms with van der Waals surface area (Å²) in [6.45, 7) is 5.96. The number of nitrogens with one attached hydrogen (secondary N) is 3. The van der Waals surface area contributed by atoms with Crippen LogP contribution < -0.4 is 14.2 Å². The summed E-state index contributed by atoms with van der Waals surface area (Å²) in [5, 5.41) is -1.60. The predicted molar refractivity (Wildman–Crippen MR) is 144 cm³/mol. The fourth-order valence-electron chi connectivity index (χ4n) is 6.06. The molecule has 3 N–H and O–H groups in total. The maximum absolute atomic E-state index is 13.5. The second kappa shape index (κ2) is 12.7. The van der Waals surface area contributed by atoms with E-state index in [1.54, 1.807) is 0 Å². The maximum atomic E-state index is 13.5. The zero-order valence-corrected chi connectivity index (χ0v) is 24.6. The summed E-state index contributed by atoms with van der Waals surface area (Å²) in [6, 6.07) is -0.818. The van der Waals surface area contributed by atoms with Crippen LogP contribution in [0.5, 0.6) is 0 Å². The Bertz CT molecular complexity index is 975. The van der Waals surface area contributed by atoms with Gasteiger partial charge >= 0.3 is 0 Å². The van der Waals surface area contributed by atoms with Crippen LogP contribution in [0.15, 0.2) is 0 Å². The molecule has 0 aromatic heterocycles. The van der Waals surface area contributed by atoms with Gasteiger partial charge in [-0.15, -0.1) is 0 Å². The maximum Gasteiger partial charge on any atom is 0.216 e. The molecular formula is C24H47N3O6S3. The molecule has 9 nitrogen and oxygen atoms in total. The third-order valence-electron chi connectivity index (χ3n) is 8.56. The molecule has 212 valence electrons. The van der Waals surface area contributed by atoms with Crippen LogP contribution in [0.1, 0.15) is 97.8 Å². The Labute approximate surface area is 219 Å². The van der Waals surface area contributed by atoms with E-state index < -0.39 is 46.8 Å². The van der Waals surface area contributed by atoms with Crippen LogP contribution in [0.25, 0.3) is 0 Å². The van der Waals surface area contributed by atoms with E-state index in [4.69, 9.17) is 0 Å². The summed E-state index contributed by atoms with van der Waals surface area (Å²) in [4.78, 5) is 0. The first kappa shape index (κ1) is 30.3. The Morgan fingerprint density at radius 1 is 0.528 bits per heavy atom. The third kappa shape index (κ3) is 8.90. The van der Waals surface area contributed by atoms with Crippen LogP contribution in [-0.4, -0.2) is 60.1 Å². The molecule has 6 atom stereocenters. The van der Waals surface area contributed by atoms with Crippen LogP contribution in [0.2, 0.25) is 0 Å². The highest BCUT2D eigenvalue weighted by Gasteiger charge is 2.39. The van der Waals surface area contributed by atoms with Gasteiger partial charge in [-0.2, -0.15) is 0 Å². The highest BCUT2D eigenvalue weighted by molar-refractivity contribution is 7.95. The van der Waals surface area contributed by atoms with Crippen LogP contribution in [0.4, 0.5) is 0 Å². The van der Waals surface area contributed by atoms with E-state index in [-0.39, 0.29) is 35.9 Å². The first-order valence-corrected chi connectivity index (χ1v) is 18.6. The first-order chi connectivity index (χ1) is 16.8. The summed E-state index contributed by atoms with van der Waals surface area (Å²) in [6.07, 6.45) is 10.6. The number of hydrogen-bond acceptors (Lipinski definition) is 6. The van der Waals surface area contributed by atoms with Gasteiger partial charge in [0.1, 0.15) is 5.25 Å². The molecule has 3 rings (SSSR count). The molecule has 12 heteroatoms. The molecule has 3 aliphatic rings. The van der Waals surface area contributed by atoms with Gasteiger partial charge in [-0.1, -0.05) is 59.3 Å². The van der Waals surface area contributed by atoms with E-state index in [9.17, 15) is 25.3 Å². The minimum absolute atomic E-state index is 0.116. The van der Waals surface area contributed by atoms with E-state index in [0.29, 0.717) is 19.3 Å². The van der Waals surface area contributed by atoms with Crippen molar-refractivity contribution in [2.75, 3.05) is 11.5 Å². The van der Waals surface area contributed by atoms with E-state index in [1.165, 1.54) is 0 Å². The molecule has 3 aliphatic carbocycles. The van der Waals surface area contributed by atoms with Gasteiger partial charge in [-0.25, -0.2) is 39.4 Å². The van der Waals surface area contributed by atoms with Gasteiger partial charge in [0.25, 0.3) is 0 Å². The second-order valence-electron chi connectivity index (χ2n) is 11.7. The zero-order valence-electron chi connectivity index (χ0n) is 22.1. The average Bonchev–Trinajstić information content (AvgIpc) is 2.77. The van der Waals surface area contributed by atoms with Crippen molar-refractivity contribution in [2.45, 2.75) is 121 Å². The molecular weight excluding hydrogens is 522 g/mol. The summed E-state index contributed by atoms with van der Waals surface area (Å²) in [7, 11) is -12.3. The van der Waals surface area contributed by atoms with E-state index in [0.717, 1.165) is 57.8 Å². The lowest BCUT2D eigenvalue weighted by Gasteiger charge is -2.32. The quantitative estimate of drug-likeness (QED) is 0.350. The third-order valence-corrected chi connectivity index (χ3v) is 13.8. The van der Waals surface area contributed by atoms with Crippen molar-refractivity contribution in [3.05, 3.63) is 0 Å². The van der Waals surface area contributed by atoms with E-state index in [2.05, 4.69) is 14.2 Å². The molecule has 0 amide bonds. The summed E-state index contributed by atoms with van der Waals surface area (Å²) >= 11 is 0. The van der Waals surface area contributed by atoms with E-state index in [1.807, 2.05) is 20.8 Å². The van der Waals surface area contributed by atoms with Gasteiger partial charge < -0.3 is 0 Å². The fraction of sp³-hybridized carbons (Fsp3) is 1.00. The normalized spacial score (nSPS) is 33.8. The Balaban J connectivity index is 1.79. The lowest BCUT2D eigenvalue weighted by molar-refractivity contribution is 0.308. The Morgan fingerprint density at radius 3 is 1.17 bits per heavy atom. The largest absolute Gasteiger partial charge is 0.216 e. The Kier molecular flexibility index (Phi) is 10.7. The van der Waals surface area contributed by atoms with Crippen molar-refractivity contribution in [3.8, 4) is 0 Å². The number of hydrogen-bond donors (Lipinski definition) is 3. The molecule has 3 saturated carbocycles. The molecule has 0 aromatic rings. The summed E-state index contributed by atoms with van der Waals surface area (Å²) in [5.41, 5.74) is 0. The van der Waals surface area contributed by atoms with Crippen molar-refractivity contribution in [3.63, 3.8) is 0 Å². The molecule has 36 heavy (non-hydrogen) atoms. The highest BCUT2D eigenvalue weighted by Crippen LogP contribution is 2.27. The molecule has 0 radical (unpaired) electrons. The molecule has 0 bridgehead atoms. The van der Waals surface area contributed by atoms with Gasteiger partial charge in [-0.05, 0) is 56.3 Å². The molecule has 0 aromatic carbocycles. The lowest BCUT2D eigenvalue weighted by atomic mass is 9.87. The van der Waals surface area contributed by atoms with E-state index >= 15 is 0 Å². The van der Waals surface area contributed by atoms with Crippen molar-refractivity contribution in [1.29, 1.82) is 0 Å². The van der Waals surface area contributed by atoms with Crippen LogP contribution >= 0.6 is 0 Å². The van der Waals surface area contributed by atoms with Gasteiger partial charge in [-0.3, -0.25) is 0 Å². The Morgan fingerprint density at radius 2 is 0.833 bits per heavy atom. The molecule has 3 fully saturated rings. The highest BCUT2D eigenvalue weighted by atomic mass is 32.2. The van der Waals surface area contributed by atoms with Gasteiger partial charge in [0.2, 0.25) is 30.1 Å². The van der Waals surface area contributed by atoms with Crippen molar-refractivity contribution in [2.24, 2.45) is 17.8 Å². The average molecular weight is 570 g/mol. The van der Waals surface area contributed by atoms with Crippen LogP contribution in [0, 0.1) is 17.8 Å². The van der Waals surface area contributed by atoms with Crippen molar-refractivity contribution in [1.82, 2.24) is 14.2 Å². The fourth-order valence-corrected chi connectivity index (χ4v) is 12.7.